The topological polar surface area (TPSA) is 50.9 Å². The van der Waals surface area contributed by atoms with Crippen molar-refractivity contribution < 1.29 is 0 Å². The van der Waals surface area contributed by atoms with Gasteiger partial charge in [-0.25, -0.2) is 4.98 Å². The lowest BCUT2D eigenvalue weighted by molar-refractivity contribution is 1.19. The molecule has 1 aromatic carbocycles. The van der Waals surface area contributed by atoms with Crippen molar-refractivity contribution >= 4 is 28.7 Å². The lowest BCUT2D eigenvalue weighted by Gasteiger charge is -2.10. The van der Waals surface area contributed by atoms with E-state index in [0.717, 1.165) is 22.8 Å². The van der Waals surface area contributed by atoms with Gasteiger partial charge in [0.1, 0.15) is 10.8 Å². The summed E-state index contributed by atoms with van der Waals surface area (Å²) in [4.78, 5) is 4.82. The van der Waals surface area contributed by atoms with E-state index in [1.165, 1.54) is 11.1 Å². The van der Waals surface area contributed by atoms with Gasteiger partial charge in [0.15, 0.2) is 0 Å². The highest BCUT2D eigenvalue weighted by Gasteiger charge is 2.03. The number of hydrogen-bond donors (Lipinski definition) is 2. The van der Waals surface area contributed by atoms with Crippen molar-refractivity contribution in [1.29, 1.82) is 0 Å². The molecule has 0 atom stereocenters. The monoisotopic (exact) mass is 271 g/mol. The van der Waals surface area contributed by atoms with Crippen molar-refractivity contribution in [3.63, 3.8) is 0 Å². The van der Waals surface area contributed by atoms with Gasteiger partial charge in [0.05, 0.1) is 0 Å². The summed E-state index contributed by atoms with van der Waals surface area (Å²) in [7, 11) is 0. The van der Waals surface area contributed by atoms with Crippen molar-refractivity contribution in [2.24, 2.45) is 5.73 Å². The molecule has 1 aromatic heterocycles. The van der Waals surface area contributed by atoms with Crippen molar-refractivity contribution in [3.05, 3.63) is 52.7 Å². The number of nitrogens with one attached hydrogen (secondary N) is 1. The average molecular weight is 271 g/mol. The molecule has 3 N–H and O–H groups in total. The molecule has 4 heteroatoms. The first kappa shape index (κ1) is 13.5. The van der Waals surface area contributed by atoms with Crippen LogP contribution in [-0.2, 0) is 0 Å². The Labute approximate surface area is 118 Å². The maximum atomic E-state index is 5.66. The van der Waals surface area contributed by atoms with Crippen LogP contribution in [0.1, 0.15) is 22.4 Å². The number of anilines is 2. The summed E-state index contributed by atoms with van der Waals surface area (Å²) in [5, 5.41) is 3.28. The Morgan fingerprint density at radius 2 is 1.84 bits per heavy atom. The summed E-state index contributed by atoms with van der Waals surface area (Å²) in [6.45, 7) is 6.10. The van der Waals surface area contributed by atoms with Gasteiger partial charge in [-0.15, -0.1) is 0 Å². The largest absolute Gasteiger partial charge is 0.389 e. The molecule has 1 heterocycles. The van der Waals surface area contributed by atoms with Gasteiger partial charge in [-0.3, -0.25) is 0 Å². The van der Waals surface area contributed by atoms with Crippen LogP contribution in [-0.4, -0.2) is 9.97 Å². The van der Waals surface area contributed by atoms with Gasteiger partial charge in [0, 0.05) is 16.9 Å². The van der Waals surface area contributed by atoms with Crippen molar-refractivity contribution in [2.45, 2.75) is 20.8 Å². The first-order valence-corrected chi connectivity index (χ1v) is 6.49. The summed E-state index contributed by atoms with van der Waals surface area (Å²) in [5.41, 5.74) is 10.9. The third kappa shape index (κ3) is 3.29. The van der Waals surface area contributed by atoms with Crippen LogP contribution in [0, 0.1) is 20.8 Å². The number of hydrogen-bond acceptors (Lipinski definition) is 3. The standard InChI is InChI=1S/C15H17N3S/c1-9-4-5-13(6-10(9)2)18-14-8-12(15(16)19)7-11(3)17-14/h4-8H,1-3H3,(H2,16,19)(H,17,18). The normalized spacial score (nSPS) is 10.3. The van der Waals surface area contributed by atoms with Crippen molar-refractivity contribution in [1.82, 2.24) is 4.98 Å². The van der Waals surface area contributed by atoms with E-state index in [4.69, 9.17) is 18.0 Å². The minimum absolute atomic E-state index is 0.383. The molecule has 19 heavy (non-hydrogen) atoms. The van der Waals surface area contributed by atoms with Gasteiger partial charge in [0.25, 0.3) is 0 Å². The van der Waals surface area contributed by atoms with E-state index in [0.29, 0.717) is 4.99 Å². The molecule has 0 aliphatic heterocycles. The summed E-state index contributed by atoms with van der Waals surface area (Å²) < 4.78 is 0. The highest BCUT2D eigenvalue weighted by molar-refractivity contribution is 7.80. The van der Waals surface area contributed by atoms with Crippen molar-refractivity contribution in [3.8, 4) is 0 Å². The Bertz CT molecular complexity index is 635. The SMILES string of the molecule is Cc1cc(C(N)=S)cc(Nc2ccc(C)c(C)c2)n1. The minimum Gasteiger partial charge on any atom is -0.389 e. The molecule has 2 aromatic rings. The number of rotatable bonds is 3. The molecule has 0 fully saturated rings. The molecular weight excluding hydrogens is 254 g/mol. The number of thiocarbonyl (C=S) groups is 1. The van der Waals surface area contributed by atoms with Gasteiger partial charge in [-0.2, -0.15) is 0 Å². The predicted octanol–water partition coefficient (Wildman–Crippen LogP) is 3.38. The van der Waals surface area contributed by atoms with Gasteiger partial charge in [0.2, 0.25) is 0 Å². The fraction of sp³-hybridized carbons (Fsp3) is 0.200. The van der Waals surface area contributed by atoms with Gasteiger partial charge in [-0.1, -0.05) is 18.3 Å². The van der Waals surface area contributed by atoms with Crippen molar-refractivity contribution in [2.75, 3.05) is 5.32 Å². The first-order chi connectivity index (χ1) is 8.95. The van der Waals surface area contributed by atoms with E-state index >= 15 is 0 Å². The van der Waals surface area contributed by atoms with Crippen LogP contribution in [0.5, 0.6) is 0 Å². The average Bonchev–Trinajstić information content (AvgIpc) is 2.33. The van der Waals surface area contributed by atoms with Crippen LogP contribution in [0.25, 0.3) is 0 Å². The lowest BCUT2D eigenvalue weighted by Crippen LogP contribution is -2.10. The molecule has 0 unspecified atom stereocenters. The van der Waals surface area contributed by atoms with E-state index in [-0.39, 0.29) is 0 Å². The molecule has 0 bridgehead atoms. The molecule has 0 aliphatic rings. The number of aromatic nitrogens is 1. The van der Waals surface area contributed by atoms with E-state index in [2.05, 4.69) is 36.3 Å². The molecule has 3 nitrogen and oxygen atoms in total. The fourth-order valence-corrected chi connectivity index (χ4v) is 1.96. The van der Waals surface area contributed by atoms with Gasteiger partial charge < -0.3 is 11.1 Å². The Morgan fingerprint density at radius 1 is 1.11 bits per heavy atom. The van der Waals surface area contributed by atoms with Gasteiger partial charge >= 0.3 is 0 Å². The number of aryl methyl sites for hydroxylation is 3. The minimum atomic E-state index is 0.383. The smallest absolute Gasteiger partial charge is 0.131 e. The summed E-state index contributed by atoms with van der Waals surface area (Å²) >= 11 is 5.01. The molecule has 98 valence electrons. The number of nitrogens with zero attached hydrogens (tertiary/aromatic N) is 1. The van der Waals surface area contributed by atoms with E-state index in [1.807, 2.05) is 25.1 Å². The molecule has 2 rings (SSSR count). The molecule has 0 amide bonds. The summed E-state index contributed by atoms with van der Waals surface area (Å²) in [6.07, 6.45) is 0. The molecule has 0 saturated carbocycles. The first-order valence-electron chi connectivity index (χ1n) is 6.08. The maximum Gasteiger partial charge on any atom is 0.131 e. The molecular formula is C15H17N3S. The number of benzene rings is 1. The molecule has 0 spiro atoms. The maximum absolute atomic E-state index is 5.66. The van der Waals surface area contributed by atoms with Crippen LogP contribution in [0.15, 0.2) is 30.3 Å². The van der Waals surface area contributed by atoms with Gasteiger partial charge in [-0.05, 0) is 56.2 Å². The zero-order chi connectivity index (χ0) is 14.0. The van der Waals surface area contributed by atoms with E-state index < -0.39 is 0 Å². The van der Waals surface area contributed by atoms with E-state index in [1.54, 1.807) is 0 Å². The Balaban J connectivity index is 2.32. The van der Waals surface area contributed by atoms with Crippen LogP contribution >= 0.6 is 12.2 Å². The summed E-state index contributed by atoms with van der Waals surface area (Å²) in [6, 6.07) is 9.97. The second-order valence-electron chi connectivity index (χ2n) is 4.67. The quantitative estimate of drug-likeness (QED) is 0.840. The van der Waals surface area contributed by atoms with E-state index in [9.17, 15) is 0 Å². The fourth-order valence-electron chi connectivity index (χ4n) is 1.84. The highest BCUT2D eigenvalue weighted by Crippen LogP contribution is 2.19. The second kappa shape index (κ2) is 5.36. The van der Waals surface area contributed by atoms with Crippen LogP contribution in [0.4, 0.5) is 11.5 Å². The Hall–Kier alpha value is -1.94. The second-order valence-corrected chi connectivity index (χ2v) is 5.11. The zero-order valence-electron chi connectivity index (χ0n) is 11.3. The Morgan fingerprint density at radius 3 is 2.47 bits per heavy atom. The van der Waals surface area contributed by atoms with Crippen LogP contribution in [0.2, 0.25) is 0 Å². The summed E-state index contributed by atoms with van der Waals surface area (Å²) in [5.74, 6) is 0.756. The lowest BCUT2D eigenvalue weighted by atomic mass is 10.1. The van der Waals surface area contributed by atoms with Crippen LogP contribution < -0.4 is 11.1 Å². The Kier molecular flexibility index (Phi) is 3.81. The van der Waals surface area contributed by atoms with Crippen LogP contribution in [0.3, 0.4) is 0 Å². The third-order valence-electron chi connectivity index (χ3n) is 3.02. The highest BCUT2D eigenvalue weighted by atomic mass is 32.1. The predicted molar refractivity (Wildman–Crippen MR) is 84.1 cm³/mol. The molecule has 0 saturated heterocycles. The number of nitrogens with two attached hydrogens (primary N) is 1. The molecule has 0 aliphatic carbocycles. The zero-order valence-corrected chi connectivity index (χ0v) is 12.1. The number of pyridine rings is 1. The molecule has 0 radical (unpaired) electrons. The third-order valence-corrected chi connectivity index (χ3v) is 3.25.